The monoisotopic (exact) mass is 924 g/mol. The number of benzene rings is 11. The highest BCUT2D eigenvalue weighted by Crippen LogP contribution is 2.43. The summed E-state index contributed by atoms with van der Waals surface area (Å²) in [5, 5.41) is 10.3. The Balaban J connectivity index is 0.779. The van der Waals surface area contributed by atoms with Crippen molar-refractivity contribution in [1.82, 2.24) is 9.13 Å². The Labute approximate surface area is 411 Å². The molecule has 70 heavy (non-hydrogen) atoms. The molecular formula is C66H40N2S2. The lowest BCUT2D eigenvalue weighted by Gasteiger charge is -2.09. The third kappa shape index (κ3) is 6.17. The van der Waals surface area contributed by atoms with E-state index in [2.05, 4.69) is 252 Å². The molecular weight excluding hydrogens is 885 g/mol. The van der Waals surface area contributed by atoms with Crippen LogP contribution >= 0.6 is 22.7 Å². The van der Waals surface area contributed by atoms with Gasteiger partial charge in [0.2, 0.25) is 0 Å². The molecule has 2 nitrogen and oxygen atoms in total. The maximum atomic E-state index is 2.40. The van der Waals surface area contributed by atoms with Crippen molar-refractivity contribution in [2.24, 2.45) is 0 Å². The molecule has 0 unspecified atom stereocenters. The van der Waals surface area contributed by atoms with Crippen molar-refractivity contribution in [2.45, 2.75) is 0 Å². The van der Waals surface area contributed by atoms with E-state index in [9.17, 15) is 0 Å². The van der Waals surface area contributed by atoms with Crippen molar-refractivity contribution < 1.29 is 0 Å². The second-order valence-corrected chi connectivity index (χ2v) is 20.6. The normalized spacial score (nSPS) is 12.0. The molecule has 0 fully saturated rings. The Morgan fingerprint density at radius 3 is 0.886 bits per heavy atom. The molecule has 0 saturated heterocycles. The number of fused-ring (bicyclic) bond motifs is 12. The van der Waals surface area contributed by atoms with Gasteiger partial charge in [-0.05, 0) is 160 Å². The maximum absolute atomic E-state index is 2.40. The first kappa shape index (κ1) is 39.5. The molecule has 0 bridgehead atoms. The molecule has 4 heterocycles. The van der Waals surface area contributed by atoms with E-state index in [1.807, 2.05) is 22.7 Å². The van der Waals surface area contributed by atoms with E-state index in [4.69, 9.17) is 0 Å². The second kappa shape index (κ2) is 15.5. The third-order valence-corrected chi connectivity index (χ3v) is 16.8. The number of nitrogens with zero attached hydrogens (tertiary/aromatic N) is 2. The van der Waals surface area contributed by atoms with Crippen molar-refractivity contribution >= 4 is 107 Å². The minimum Gasteiger partial charge on any atom is -0.309 e. The number of hydrogen-bond donors (Lipinski definition) is 0. The van der Waals surface area contributed by atoms with Crippen molar-refractivity contribution in [3.8, 4) is 55.9 Å². The topological polar surface area (TPSA) is 9.86 Å². The first-order chi connectivity index (χ1) is 34.7. The summed E-state index contributed by atoms with van der Waals surface area (Å²) in [5.74, 6) is 0. The third-order valence-electron chi connectivity index (χ3n) is 14.5. The predicted octanol–water partition coefficient (Wildman–Crippen LogP) is 19.3. The van der Waals surface area contributed by atoms with Gasteiger partial charge in [0.15, 0.2) is 0 Å². The van der Waals surface area contributed by atoms with E-state index in [1.165, 1.54) is 140 Å². The van der Waals surface area contributed by atoms with Crippen LogP contribution in [0, 0.1) is 0 Å². The first-order valence-corrected chi connectivity index (χ1v) is 25.5. The summed E-state index contributed by atoms with van der Waals surface area (Å²) in [6.45, 7) is 0. The zero-order valence-corrected chi connectivity index (χ0v) is 39.4. The van der Waals surface area contributed by atoms with E-state index < -0.39 is 0 Å². The van der Waals surface area contributed by atoms with E-state index >= 15 is 0 Å². The Kier molecular flexibility index (Phi) is 8.73. The summed E-state index contributed by atoms with van der Waals surface area (Å²) in [6.07, 6.45) is 0. The maximum Gasteiger partial charge on any atom is 0.0541 e. The Morgan fingerprint density at radius 2 is 0.500 bits per heavy atom. The number of hydrogen-bond acceptors (Lipinski definition) is 2. The molecule has 4 aromatic heterocycles. The van der Waals surface area contributed by atoms with Crippen LogP contribution in [0.25, 0.3) is 140 Å². The fraction of sp³-hybridized carbons (Fsp3) is 0. The summed E-state index contributed by atoms with van der Waals surface area (Å²) in [5.41, 5.74) is 17.0. The molecule has 0 saturated carbocycles. The zero-order chi connectivity index (χ0) is 45.9. The van der Waals surface area contributed by atoms with Gasteiger partial charge in [-0.1, -0.05) is 127 Å². The molecule has 0 aliphatic carbocycles. The standard InChI is InChI=1S/C66H40N2S2/c1-3-14-49(15-4-1)67-59-20-9-7-18-51(59)53-35-43(22-28-61(53)67)47-26-32-65-57(39-47)55-37-45(24-30-63(55)69-65)41-12-11-13-42(34-41)46-25-31-64-56(38-46)58-40-48(27-33-66(58)70-64)44-23-29-62-54(36-44)52-19-8-10-21-60(52)68(62)50-16-5-2-6-17-50/h1-40H. The van der Waals surface area contributed by atoms with Gasteiger partial charge in [-0.15, -0.1) is 22.7 Å². The number of thiophene rings is 2. The summed E-state index contributed by atoms with van der Waals surface area (Å²) in [7, 11) is 0. The van der Waals surface area contributed by atoms with Crippen LogP contribution in [0.4, 0.5) is 0 Å². The number of para-hydroxylation sites is 4. The minimum absolute atomic E-state index is 1.18. The largest absolute Gasteiger partial charge is 0.309 e. The van der Waals surface area contributed by atoms with Crippen LogP contribution in [-0.4, -0.2) is 9.13 Å². The molecule has 11 aromatic carbocycles. The Bertz CT molecular complexity index is 4300. The van der Waals surface area contributed by atoms with Gasteiger partial charge in [-0.2, -0.15) is 0 Å². The van der Waals surface area contributed by atoms with Gasteiger partial charge in [0, 0.05) is 73.3 Å². The van der Waals surface area contributed by atoms with Gasteiger partial charge in [0.05, 0.1) is 22.1 Å². The summed E-state index contributed by atoms with van der Waals surface area (Å²) < 4.78 is 9.99. The molecule has 15 rings (SSSR count). The lowest BCUT2D eigenvalue weighted by atomic mass is 9.96. The summed E-state index contributed by atoms with van der Waals surface area (Å²) in [4.78, 5) is 0. The lowest BCUT2D eigenvalue weighted by molar-refractivity contribution is 1.18. The Hall–Kier alpha value is -8.54. The quantitative estimate of drug-likeness (QED) is 0.157. The highest BCUT2D eigenvalue weighted by atomic mass is 32.1. The lowest BCUT2D eigenvalue weighted by Crippen LogP contribution is -1.92. The highest BCUT2D eigenvalue weighted by molar-refractivity contribution is 7.26. The van der Waals surface area contributed by atoms with Crippen LogP contribution in [0.1, 0.15) is 0 Å². The van der Waals surface area contributed by atoms with E-state index in [0.717, 1.165) is 0 Å². The van der Waals surface area contributed by atoms with Gasteiger partial charge >= 0.3 is 0 Å². The van der Waals surface area contributed by atoms with E-state index in [0.29, 0.717) is 0 Å². The molecule has 0 aliphatic heterocycles. The molecule has 0 N–H and O–H groups in total. The molecule has 0 atom stereocenters. The van der Waals surface area contributed by atoms with Gasteiger partial charge in [-0.25, -0.2) is 0 Å². The summed E-state index contributed by atoms with van der Waals surface area (Å²) >= 11 is 3.75. The molecule has 15 aromatic rings. The number of rotatable bonds is 6. The molecule has 0 aliphatic rings. The minimum atomic E-state index is 1.18. The molecule has 4 heteroatoms. The van der Waals surface area contributed by atoms with Crippen molar-refractivity contribution in [3.63, 3.8) is 0 Å². The van der Waals surface area contributed by atoms with E-state index in [-0.39, 0.29) is 0 Å². The first-order valence-electron chi connectivity index (χ1n) is 23.9. The van der Waals surface area contributed by atoms with Crippen molar-refractivity contribution in [1.29, 1.82) is 0 Å². The molecule has 326 valence electrons. The van der Waals surface area contributed by atoms with Crippen LogP contribution in [0.3, 0.4) is 0 Å². The smallest absolute Gasteiger partial charge is 0.0541 e. The van der Waals surface area contributed by atoms with Crippen LogP contribution < -0.4 is 0 Å². The molecule has 0 radical (unpaired) electrons. The SMILES string of the molecule is c1ccc(-n2c3ccccc3c3cc(-c4ccc5sc6ccc(-c7cccc(-c8ccc9sc%10ccc(-c%11ccc%12c(c%11)c%11ccccc%11n%12-c%11ccccc%11)cc%10c9c8)c7)cc6c5c4)ccc32)cc1. The van der Waals surface area contributed by atoms with Gasteiger partial charge in [-0.3, -0.25) is 0 Å². The second-order valence-electron chi connectivity index (χ2n) is 18.5. The average Bonchev–Trinajstić information content (AvgIpc) is 4.18. The average molecular weight is 925 g/mol. The van der Waals surface area contributed by atoms with Crippen LogP contribution in [0.5, 0.6) is 0 Å². The zero-order valence-electron chi connectivity index (χ0n) is 37.8. The van der Waals surface area contributed by atoms with Gasteiger partial charge in [0.1, 0.15) is 0 Å². The van der Waals surface area contributed by atoms with Crippen LogP contribution in [0.15, 0.2) is 243 Å². The van der Waals surface area contributed by atoms with Gasteiger partial charge in [0.25, 0.3) is 0 Å². The Morgan fingerprint density at radius 1 is 0.200 bits per heavy atom. The fourth-order valence-corrected chi connectivity index (χ4v) is 13.3. The van der Waals surface area contributed by atoms with Crippen LogP contribution in [-0.2, 0) is 0 Å². The summed E-state index contributed by atoms with van der Waals surface area (Å²) in [6, 6.07) is 89.9. The highest BCUT2D eigenvalue weighted by Gasteiger charge is 2.17. The fourth-order valence-electron chi connectivity index (χ4n) is 11.2. The molecule has 0 spiro atoms. The number of aromatic nitrogens is 2. The molecule has 0 amide bonds. The van der Waals surface area contributed by atoms with E-state index in [1.54, 1.807) is 0 Å². The van der Waals surface area contributed by atoms with Crippen LogP contribution in [0.2, 0.25) is 0 Å². The predicted molar refractivity (Wildman–Crippen MR) is 303 cm³/mol. The van der Waals surface area contributed by atoms with Crippen molar-refractivity contribution in [3.05, 3.63) is 243 Å². The van der Waals surface area contributed by atoms with Gasteiger partial charge < -0.3 is 9.13 Å². The van der Waals surface area contributed by atoms with Crippen molar-refractivity contribution in [2.75, 3.05) is 0 Å².